The highest BCUT2D eigenvalue weighted by molar-refractivity contribution is 5.89. The van der Waals surface area contributed by atoms with Gasteiger partial charge in [-0.15, -0.1) is 0 Å². The number of carboxylic acids is 2. The molecule has 0 aromatic heterocycles. The molecule has 0 unspecified atom stereocenters. The third-order valence-corrected chi connectivity index (χ3v) is 4.52. The van der Waals surface area contributed by atoms with Crippen LogP contribution in [0, 0.1) is 6.92 Å². The van der Waals surface area contributed by atoms with Gasteiger partial charge in [0.15, 0.2) is 0 Å². The first kappa shape index (κ1) is 21.6. The van der Waals surface area contributed by atoms with Crippen LogP contribution < -0.4 is 15.0 Å². The molecular weight excluding hydrogens is 374 g/mol. The Balaban J connectivity index is 0.000000300. The van der Waals surface area contributed by atoms with E-state index in [-0.39, 0.29) is 6.54 Å². The molecule has 7 nitrogen and oxygen atoms in total. The highest BCUT2D eigenvalue weighted by Gasteiger charge is 2.26. The van der Waals surface area contributed by atoms with Crippen molar-refractivity contribution in [3.05, 3.63) is 34.9 Å². The molecule has 0 amide bonds. The van der Waals surface area contributed by atoms with Gasteiger partial charge in [-0.3, -0.25) is 0 Å². The van der Waals surface area contributed by atoms with Crippen molar-refractivity contribution in [3.63, 3.8) is 0 Å². The molecule has 0 aliphatic carbocycles. The van der Waals surface area contributed by atoms with Gasteiger partial charge < -0.3 is 25.2 Å². The lowest BCUT2D eigenvalue weighted by Crippen LogP contribution is -2.37. The number of halogens is 2. The zero-order valence-corrected chi connectivity index (χ0v) is 15.6. The maximum absolute atomic E-state index is 12.8. The molecule has 1 aromatic carbocycles. The highest BCUT2D eigenvalue weighted by Crippen LogP contribution is 2.39. The van der Waals surface area contributed by atoms with Crippen LogP contribution in [0.5, 0.6) is 5.75 Å². The van der Waals surface area contributed by atoms with E-state index in [1.165, 1.54) is 11.1 Å². The summed E-state index contributed by atoms with van der Waals surface area (Å²) >= 11 is 0. The zero-order chi connectivity index (χ0) is 20.7. The zero-order valence-electron chi connectivity index (χ0n) is 15.6. The molecule has 3 rings (SSSR count). The van der Waals surface area contributed by atoms with Gasteiger partial charge in [-0.1, -0.05) is 0 Å². The summed E-state index contributed by atoms with van der Waals surface area (Å²) < 4.78 is 31.2. The van der Waals surface area contributed by atoms with Crippen LogP contribution >= 0.6 is 0 Å². The van der Waals surface area contributed by atoms with Crippen LogP contribution in [0.3, 0.4) is 0 Å². The largest absolute Gasteiger partial charge is 0.490 e. The standard InChI is InChI=1S/C15H20F2N2O.C4H4O4/c1-10-12-3-5-18-4-2-11(12)8-13-15(10)19(6-7-20-13)9-14(16)17;5-3(6)1-2-4(7)8/h8,14,18H,2-7,9H2,1H3;1-2H,(H,5,6)(H,7,8)/b;2-1+. The number of ether oxygens (including phenoxy) is 1. The van der Waals surface area contributed by atoms with E-state index in [0.29, 0.717) is 25.3 Å². The number of benzene rings is 1. The summed E-state index contributed by atoms with van der Waals surface area (Å²) in [7, 11) is 0. The summed E-state index contributed by atoms with van der Waals surface area (Å²) in [4.78, 5) is 20.9. The fraction of sp³-hybridized carbons (Fsp3) is 0.474. The van der Waals surface area contributed by atoms with Crippen molar-refractivity contribution >= 4 is 17.6 Å². The maximum Gasteiger partial charge on any atom is 0.328 e. The average molecular weight is 398 g/mol. The van der Waals surface area contributed by atoms with Crippen molar-refractivity contribution in [2.45, 2.75) is 26.2 Å². The number of rotatable bonds is 4. The SMILES string of the molecule is Cc1c2c(cc3c1N(CC(F)F)CCO3)CCNCC2.O=C(O)/C=C/C(=O)O. The number of anilines is 1. The number of alkyl halides is 2. The minimum Gasteiger partial charge on any atom is -0.490 e. The van der Waals surface area contributed by atoms with Gasteiger partial charge in [0.1, 0.15) is 12.4 Å². The first-order chi connectivity index (χ1) is 13.3. The second-order valence-electron chi connectivity index (χ2n) is 6.43. The van der Waals surface area contributed by atoms with Gasteiger partial charge in [0.25, 0.3) is 6.43 Å². The summed E-state index contributed by atoms with van der Waals surface area (Å²) in [5.41, 5.74) is 4.59. The van der Waals surface area contributed by atoms with Gasteiger partial charge in [0.05, 0.1) is 18.8 Å². The Morgan fingerprint density at radius 2 is 1.89 bits per heavy atom. The van der Waals surface area contributed by atoms with Crippen LogP contribution in [0.1, 0.15) is 16.7 Å². The summed E-state index contributed by atoms with van der Waals surface area (Å²) in [6.07, 6.45) is 0.726. The van der Waals surface area contributed by atoms with Crippen LogP contribution in [0.4, 0.5) is 14.5 Å². The monoisotopic (exact) mass is 398 g/mol. The molecule has 0 saturated carbocycles. The summed E-state index contributed by atoms with van der Waals surface area (Å²) in [5.74, 6) is -1.74. The third kappa shape index (κ3) is 5.91. The van der Waals surface area contributed by atoms with Crippen LogP contribution in [-0.2, 0) is 22.4 Å². The van der Waals surface area contributed by atoms with E-state index in [9.17, 15) is 18.4 Å². The second-order valence-corrected chi connectivity index (χ2v) is 6.43. The molecule has 1 aromatic rings. The van der Waals surface area contributed by atoms with E-state index in [1.54, 1.807) is 4.90 Å². The predicted octanol–water partition coefficient (Wildman–Crippen LogP) is 1.86. The lowest BCUT2D eigenvalue weighted by molar-refractivity contribution is -0.134. The van der Waals surface area contributed by atoms with E-state index in [1.807, 2.05) is 6.92 Å². The Kier molecular flexibility index (Phi) is 7.74. The number of hydrogen-bond acceptors (Lipinski definition) is 5. The van der Waals surface area contributed by atoms with Crippen LogP contribution in [0.15, 0.2) is 18.2 Å². The minimum absolute atomic E-state index is 0.214. The molecule has 0 bridgehead atoms. The van der Waals surface area contributed by atoms with Crippen molar-refractivity contribution in [2.24, 2.45) is 0 Å². The van der Waals surface area contributed by atoms with Crippen LogP contribution in [0.25, 0.3) is 0 Å². The van der Waals surface area contributed by atoms with Gasteiger partial charge in [-0.05, 0) is 55.6 Å². The lowest BCUT2D eigenvalue weighted by Gasteiger charge is -2.34. The molecule has 2 aliphatic heterocycles. The van der Waals surface area contributed by atoms with Crippen LogP contribution in [0.2, 0.25) is 0 Å². The quantitative estimate of drug-likeness (QED) is 0.666. The van der Waals surface area contributed by atoms with E-state index in [2.05, 4.69) is 11.4 Å². The smallest absolute Gasteiger partial charge is 0.328 e. The second kappa shape index (κ2) is 10.0. The van der Waals surface area contributed by atoms with Crippen LogP contribution in [-0.4, -0.2) is 61.4 Å². The molecule has 0 saturated heterocycles. The molecule has 0 fully saturated rings. The van der Waals surface area contributed by atoms with Crippen molar-refractivity contribution in [3.8, 4) is 5.75 Å². The van der Waals surface area contributed by atoms with E-state index < -0.39 is 18.4 Å². The van der Waals surface area contributed by atoms with Crippen molar-refractivity contribution in [1.29, 1.82) is 0 Å². The average Bonchev–Trinajstić information content (AvgIpc) is 2.86. The molecule has 9 heteroatoms. The normalized spacial score (nSPS) is 15.8. The van der Waals surface area contributed by atoms with E-state index >= 15 is 0 Å². The number of carboxylic acid groups (broad SMARTS) is 2. The van der Waals surface area contributed by atoms with Gasteiger partial charge in [-0.25, -0.2) is 18.4 Å². The Bertz CT molecular complexity index is 736. The topological polar surface area (TPSA) is 99.1 Å². The van der Waals surface area contributed by atoms with Gasteiger partial charge in [-0.2, -0.15) is 0 Å². The molecule has 2 aliphatic rings. The molecule has 154 valence electrons. The number of fused-ring (bicyclic) bond motifs is 2. The number of nitrogens with one attached hydrogen (secondary N) is 1. The molecule has 0 spiro atoms. The number of aliphatic carboxylic acids is 2. The highest BCUT2D eigenvalue weighted by atomic mass is 19.3. The summed E-state index contributed by atoms with van der Waals surface area (Å²) in [6, 6.07) is 2.06. The first-order valence-corrected chi connectivity index (χ1v) is 8.95. The maximum atomic E-state index is 12.8. The Labute approximate surface area is 161 Å². The molecule has 28 heavy (non-hydrogen) atoms. The Morgan fingerprint density at radius 3 is 2.50 bits per heavy atom. The number of nitrogens with zero attached hydrogens (tertiary/aromatic N) is 1. The minimum atomic E-state index is -2.32. The fourth-order valence-electron chi connectivity index (χ4n) is 3.39. The molecular formula is C19H24F2N2O5. The summed E-state index contributed by atoms with van der Waals surface area (Å²) in [6.45, 7) is 4.75. The van der Waals surface area contributed by atoms with Crippen molar-refractivity contribution in [1.82, 2.24) is 5.32 Å². The first-order valence-electron chi connectivity index (χ1n) is 8.95. The predicted molar refractivity (Wildman–Crippen MR) is 99.6 cm³/mol. The molecule has 2 heterocycles. The fourth-order valence-corrected chi connectivity index (χ4v) is 3.39. The van der Waals surface area contributed by atoms with Crippen molar-refractivity contribution < 1.29 is 33.3 Å². The van der Waals surface area contributed by atoms with Gasteiger partial charge in [0, 0.05) is 12.2 Å². The molecule has 0 radical (unpaired) electrons. The van der Waals surface area contributed by atoms with Gasteiger partial charge >= 0.3 is 11.9 Å². The van der Waals surface area contributed by atoms with Crippen molar-refractivity contribution in [2.75, 3.05) is 37.7 Å². The lowest BCUT2D eigenvalue weighted by atomic mass is 9.94. The Morgan fingerprint density at radius 1 is 1.25 bits per heavy atom. The van der Waals surface area contributed by atoms with Gasteiger partial charge in [0.2, 0.25) is 0 Å². The number of carbonyl (C=O) groups is 2. The number of hydrogen-bond donors (Lipinski definition) is 3. The molecule has 0 atom stereocenters. The van der Waals surface area contributed by atoms with E-state index in [0.717, 1.165) is 42.9 Å². The summed E-state index contributed by atoms with van der Waals surface area (Å²) in [5, 5.41) is 19.0. The Hall–Kier alpha value is -2.68. The van der Waals surface area contributed by atoms with E-state index in [4.69, 9.17) is 14.9 Å². The third-order valence-electron chi connectivity index (χ3n) is 4.52. The molecule has 3 N–H and O–H groups in total.